The van der Waals surface area contributed by atoms with E-state index in [4.69, 9.17) is 9.84 Å². The molecular weight excluding hydrogens is 300 g/mol. The highest BCUT2D eigenvalue weighted by molar-refractivity contribution is 7.15. The van der Waals surface area contributed by atoms with Gasteiger partial charge in [-0.3, -0.25) is 9.20 Å². The molecule has 0 bridgehead atoms. The van der Waals surface area contributed by atoms with Crippen molar-refractivity contribution >= 4 is 22.3 Å². The van der Waals surface area contributed by atoms with Crippen LogP contribution in [-0.4, -0.2) is 27.1 Å². The largest absolute Gasteiger partial charge is 0.494 e. The molecule has 2 heterocycles. The zero-order valence-corrected chi connectivity index (χ0v) is 13.0. The average molecular weight is 316 g/mol. The van der Waals surface area contributed by atoms with Crippen LogP contribution in [0.15, 0.2) is 35.8 Å². The lowest BCUT2D eigenvalue weighted by molar-refractivity contribution is -0.136. The molecule has 114 valence electrons. The Balaban J connectivity index is 1.86. The third-order valence-electron chi connectivity index (χ3n) is 3.24. The summed E-state index contributed by atoms with van der Waals surface area (Å²) in [4.78, 5) is 16.2. The molecule has 1 N–H and O–H groups in total. The van der Waals surface area contributed by atoms with Crippen molar-refractivity contribution in [3.8, 4) is 17.0 Å². The minimum atomic E-state index is -0.840. The van der Waals surface area contributed by atoms with Gasteiger partial charge in [0.1, 0.15) is 5.75 Å². The number of hydrogen-bond acceptors (Lipinski definition) is 4. The van der Waals surface area contributed by atoms with Crippen molar-refractivity contribution in [1.82, 2.24) is 9.38 Å². The molecule has 2 aromatic heterocycles. The molecule has 0 radical (unpaired) electrons. The van der Waals surface area contributed by atoms with Gasteiger partial charge in [0.05, 0.1) is 18.7 Å². The van der Waals surface area contributed by atoms with E-state index in [1.165, 1.54) is 11.3 Å². The summed E-state index contributed by atoms with van der Waals surface area (Å²) in [5.74, 6) is 0.00515. The fourth-order valence-electron chi connectivity index (χ4n) is 2.19. The van der Waals surface area contributed by atoms with E-state index in [1.807, 2.05) is 40.2 Å². The molecular formula is C16H16N2O3S. The lowest BCUT2D eigenvalue weighted by atomic mass is 10.1. The first-order valence-corrected chi connectivity index (χ1v) is 7.96. The van der Waals surface area contributed by atoms with E-state index in [0.29, 0.717) is 6.61 Å². The van der Waals surface area contributed by atoms with Crippen LogP contribution in [0.2, 0.25) is 0 Å². The van der Waals surface area contributed by atoms with Crippen molar-refractivity contribution in [2.75, 3.05) is 6.61 Å². The molecule has 0 amide bonds. The van der Waals surface area contributed by atoms with Gasteiger partial charge in [0.25, 0.3) is 0 Å². The van der Waals surface area contributed by atoms with Gasteiger partial charge < -0.3 is 9.84 Å². The smallest absolute Gasteiger partial charge is 0.309 e. The minimum Gasteiger partial charge on any atom is -0.494 e. The number of carboxylic acids is 1. The molecule has 1 aromatic carbocycles. The maximum Gasteiger partial charge on any atom is 0.309 e. The van der Waals surface area contributed by atoms with Crippen molar-refractivity contribution in [3.05, 3.63) is 41.5 Å². The normalized spacial score (nSPS) is 11.0. The quantitative estimate of drug-likeness (QED) is 0.756. The minimum absolute atomic E-state index is 0.000401. The SMILES string of the molecule is CCCOc1ccc(-c2cn3c(CC(=O)O)csc3n2)cc1. The number of thiazole rings is 1. The Kier molecular flexibility index (Phi) is 4.11. The second-order valence-electron chi connectivity index (χ2n) is 4.95. The number of aliphatic carboxylic acids is 1. The van der Waals surface area contributed by atoms with Crippen LogP contribution < -0.4 is 4.74 Å². The topological polar surface area (TPSA) is 63.8 Å². The van der Waals surface area contributed by atoms with E-state index in [-0.39, 0.29) is 6.42 Å². The van der Waals surface area contributed by atoms with Crippen molar-refractivity contribution in [1.29, 1.82) is 0 Å². The molecule has 6 heteroatoms. The number of carboxylic acid groups (broad SMARTS) is 1. The molecule has 22 heavy (non-hydrogen) atoms. The van der Waals surface area contributed by atoms with Crippen LogP contribution in [0.3, 0.4) is 0 Å². The monoisotopic (exact) mass is 316 g/mol. The summed E-state index contributed by atoms with van der Waals surface area (Å²) in [6.45, 7) is 2.78. The molecule has 0 aliphatic rings. The van der Waals surface area contributed by atoms with E-state index in [9.17, 15) is 4.79 Å². The molecule has 3 rings (SSSR count). The van der Waals surface area contributed by atoms with E-state index in [1.54, 1.807) is 0 Å². The van der Waals surface area contributed by atoms with Gasteiger partial charge in [0.15, 0.2) is 4.96 Å². The van der Waals surface area contributed by atoms with Gasteiger partial charge in [-0.2, -0.15) is 0 Å². The van der Waals surface area contributed by atoms with E-state index in [2.05, 4.69) is 11.9 Å². The van der Waals surface area contributed by atoms with Crippen LogP contribution in [0.25, 0.3) is 16.2 Å². The number of ether oxygens (including phenoxy) is 1. The maximum absolute atomic E-state index is 10.9. The van der Waals surface area contributed by atoms with Crippen LogP contribution >= 0.6 is 11.3 Å². The van der Waals surface area contributed by atoms with Gasteiger partial charge in [0.2, 0.25) is 0 Å². The number of nitrogens with zero attached hydrogens (tertiary/aromatic N) is 2. The molecule has 0 saturated carbocycles. The first kappa shape index (κ1) is 14.6. The number of hydrogen-bond donors (Lipinski definition) is 1. The van der Waals surface area contributed by atoms with E-state index in [0.717, 1.165) is 34.1 Å². The van der Waals surface area contributed by atoms with Crippen molar-refractivity contribution in [2.45, 2.75) is 19.8 Å². The first-order valence-electron chi connectivity index (χ1n) is 7.08. The average Bonchev–Trinajstić information content (AvgIpc) is 3.07. The van der Waals surface area contributed by atoms with Crippen LogP contribution in [0.4, 0.5) is 0 Å². The molecule has 0 aliphatic heterocycles. The zero-order valence-electron chi connectivity index (χ0n) is 12.2. The fourth-order valence-corrected chi connectivity index (χ4v) is 3.07. The lowest BCUT2D eigenvalue weighted by Gasteiger charge is -2.04. The standard InChI is InChI=1S/C16H16N2O3S/c1-2-7-21-13-5-3-11(4-6-13)14-9-18-12(8-15(19)20)10-22-16(18)17-14/h3-6,9-10H,2,7-8H2,1H3,(H,19,20). The van der Waals surface area contributed by atoms with Crippen LogP contribution in [0, 0.1) is 0 Å². The Labute approximate surface area is 131 Å². The number of benzene rings is 1. The van der Waals surface area contributed by atoms with Crippen LogP contribution in [0.1, 0.15) is 19.0 Å². The highest BCUT2D eigenvalue weighted by atomic mass is 32.1. The number of fused-ring (bicyclic) bond motifs is 1. The van der Waals surface area contributed by atoms with Crippen LogP contribution in [0.5, 0.6) is 5.75 Å². The summed E-state index contributed by atoms with van der Waals surface area (Å²) < 4.78 is 7.41. The van der Waals surface area contributed by atoms with Gasteiger partial charge in [-0.1, -0.05) is 6.92 Å². The predicted octanol–water partition coefficient (Wildman–Crippen LogP) is 3.48. The van der Waals surface area contributed by atoms with Gasteiger partial charge in [-0.15, -0.1) is 11.3 Å². The highest BCUT2D eigenvalue weighted by Gasteiger charge is 2.11. The van der Waals surface area contributed by atoms with E-state index < -0.39 is 5.97 Å². The third kappa shape index (κ3) is 2.96. The van der Waals surface area contributed by atoms with Crippen molar-refractivity contribution in [2.24, 2.45) is 0 Å². The second-order valence-corrected chi connectivity index (χ2v) is 5.79. The summed E-state index contributed by atoms with van der Waals surface area (Å²) >= 11 is 1.45. The molecule has 5 nitrogen and oxygen atoms in total. The number of imidazole rings is 1. The molecule has 0 unspecified atom stereocenters. The summed E-state index contributed by atoms with van der Waals surface area (Å²) in [6, 6.07) is 7.79. The molecule has 0 spiro atoms. The lowest BCUT2D eigenvalue weighted by Crippen LogP contribution is -2.02. The maximum atomic E-state index is 10.9. The van der Waals surface area contributed by atoms with Crippen LogP contribution in [-0.2, 0) is 11.2 Å². The number of rotatable bonds is 6. The molecule has 0 saturated heterocycles. The Morgan fingerprint density at radius 1 is 1.36 bits per heavy atom. The molecule has 0 aliphatic carbocycles. The number of carbonyl (C=O) groups is 1. The first-order chi connectivity index (χ1) is 10.7. The van der Waals surface area contributed by atoms with Crippen molar-refractivity contribution in [3.63, 3.8) is 0 Å². The summed E-state index contributed by atoms with van der Waals surface area (Å²) in [6.07, 6.45) is 2.86. The zero-order chi connectivity index (χ0) is 15.5. The van der Waals surface area contributed by atoms with Gasteiger partial charge in [-0.25, -0.2) is 4.98 Å². The summed E-state index contributed by atoms with van der Waals surface area (Å²) in [5.41, 5.74) is 2.57. The summed E-state index contributed by atoms with van der Waals surface area (Å²) in [7, 11) is 0. The number of aromatic nitrogens is 2. The Bertz CT molecular complexity index is 789. The third-order valence-corrected chi connectivity index (χ3v) is 4.13. The van der Waals surface area contributed by atoms with Gasteiger partial charge in [-0.05, 0) is 30.7 Å². The molecule has 0 atom stereocenters. The Morgan fingerprint density at radius 3 is 2.82 bits per heavy atom. The molecule has 3 aromatic rings. The van der Waals surface area contributed by atoms with Gasteiger partial charge in [0, 0.05) is 22.8 Å². The van der Waals surface area contributed by atoms with Gasteiger partial charge >= 0.3 is 5.97 Å². The highest BCUT2D eigenvalue weighted by Crippen LogP contribution is 2.25. The Hall–Kier alpha value is -2.34. The predicted molar refractivity (Wildman–Crippen MR) is 85.6 cm³/mol. The van der Waals surface area contributed by atoms with E-state index >= 15 is 0 Å². The summed E-state index contributed by atoms with van der Waals surface area (Å²) in [5, 5.41) is 10.8. The van der Waals surface area contributed by atoms with Crippen molar-refractivity contribution < 1.29 is 14.6 Å². The Morgan fingerprint density at radius 2 is 2.14 bits per heavy atom. The second kappa shape index (κ2) is 6.19. The molecule has 0 fully saturated rings. The fraction of sp³-hybridized carbons (Fsp3) is 0.250.